The largest absolute Gasteiger partial charge is 0.378 e. The van der Waals surface area contributed by atoms with Crippen LogP contribution in [0.15, 0.2) is 35.5 Å². The summed E-state index contributed by atoms with van der Waals surface area (Å²) in [5.74, 6) is 0.851. The molecule has 2 aliphatic rings. The standard InChI is InChI=1S/C21H27N5O3S/c1-15(27)18(13-16-5-3-2-4-6-16)22-19(28)14-30-21-24-23-20(26(21)17-7-8-17)25-9-11-29-12-10-25/h2-6,17-18H,7-14H2,1H3,(H,22,28). The first kappa shape index (κ1) is 20.9. The molecule has 1 unspecified atom stereocenters. The Balaban J connectivity index is 1.37. The molecule has 2 heterocycles. The minimum Gasteiger partial charge on any atom is -0.378 e. The molecule has 1 aliphatic carbocycles. The van der Waals surface area contributed by atoms with E-state index < -0.39 is 6.04 Å². The Morgan fingerprint density at radius 2 is 1.93 bits per heavy atom. The molecule has 160 valence electrons. The fourth-order valence-electron chi connectivity index (χ4n) is 3.51. The molecule has 2 aromatic rings. The Morgan fingerprint density at radius 3 is 2.60 bits per heavy atom. The molecule has 9 heteroatoms. The Labute approximate surface area is 180 Å². The third-order valence-electron chi connectivity index (χ3n) is 5.29. The van der Waals surface area contributed by atoms with Crippen LogP contribution in [-0.4, -0.2) is 64.6 Å². The van der Waals surface area contributed by atoms with Crippen molar-refractivity contribution in [2.75, 3.05) is 37.0 Å². The summed E-state index contributed by atoms with van der Waals surface area (Å²) in [4.78, 5) is 26.8. The Morgan fingerprint density at radius 1 is 1.20 bits per heavy atom. The highest BCUT2D eigenvalue weighted by Gasteiger charge is 2.32. The van der Waals surface area contributed by atoms with Crippen LogP contribution in [-0.2, 0) is 20.7 Å². The van der Waals surface area contributed by atoms with Crippen LogP contribution in [0.5, 0.6) is 0 Å². The lowest BCUT2D eigenvalue weighted by Gasteiger charge is -2.27. The molecule has 1 aromatic heterocycles. The molecule has 1 amide bonds. The second kappa shape index (κ2) is 9.61. The van der Waals surface area contributed by atoms with Gasteiger partial charge in [0.1, 0.15) is 0 Å². The summed E-state index contributed by atoms with van der Waals surface area (Å²) >= 11 is 1.38. The van der Waals surface area contributed by atoms with Crippen molar-refractivity contribution in [2.45, 2.75) is 43.4 Å². The molecule has 1 saturated carbocycles. The molecule has 0 radical (unpaired) electrons. The van der Waals surface area contributed by atoms with Gasteiger partial charge in [0.05, 0.1) is 25.0 Å². The van der Waals surface area contributed by atoms with E-state index in [0.29, 0.717) is 25.7 Å². The molecule has 1 atom stereocenters. The summed E-state index contributed by atoms with van der Waals surface area (Å²) in [5, 5.41) is 12.4. The number of thioether (sulfide) groups is 1. The smallest absolute Gasteiger partial charge is 0.231 e. The van der Waals surface area contributed by atoms with Gasteiger partial charge in [-0.3, -0.25) is 14.2 Å². The average Bonchev–Trinajstić information content (AvgIpc) is 3.52. The van der Waals surface area contributed by atoms with Gasteiger partial charge in [0.2, 0.25) is 11.9 Å². The average molecular weight is 430 g/mol. The molecule has 2 fully saturated rings. The topological polar surface area (TPSA) is 89.3 Å². The van der Waals surface area contributed by atoms with Crippen molar-refractivity contribution in [1.82, 2.24) is 20.1 Å². The monoisotopic (exact) mass is 429 g/mol. The number of hydrogen-bond donors (Lipinski definition) is 1. The van der Waals surface area contributed by atoms with Crippen LogP contribution >= 0.6 is 11.8 Å². The molecule has 30 heavy (non-hydrogen) atoms. The van der Waals surface area contributed by atoms with Crippen LogP contribution in [0.3, 0.4) is 0 Å². The zero-order chi connectivity index (χ0) is 20.9. The molecule has 1 N–H and O–H groups in total. The van der Waals surface area contributed by atoms with Crippen molar-refractivity contribution in [3.8, 4) is 0 Å². The molecule has 1 saturated heterocycles. The van der Waals surface area contributed by atoms with Crippen LogP contribution in [0.4, 0.5) is 5.95 Å². The number of ether oxygens (including phenoxy) is 1. The van der Waals surface area contributed by atoms with E-state index in [1.54, 1.807) is 0 Å². The number of nitrogens with zero attached hydrogens (tertiary/aromatic N) is 4. The number of ketones is 1. The van der Waals surface area contributed by atoms with Crippen LogP contribution in [0.25, 0.3) is 0 Å². The molecule has 1 aliphatic heterocycles. The number of Topliss-reactive ketones (excluding diaryl/α,β-unsaturated/α-hetero) is 1. The lowest BCUT2D eigenvalue weighted by atomic mass is 10.0. The number of carbonyl (C=O) groups excluding carboxylic acids is 2. The van der Waals surface area contributed by atoms with Gasteiger partial charge in [-0.1, -0.05) is 42.1 Å². The Hall–Kier alpha value is -2.39. The number of nitrogens with one attached hydrogen (secondary N) is 1. The number of benzene rings is 1. The maximum atomic E-state index is 12.6. The molecular weight excluding hydrogens is 402 g/mol. The lowest BCUT2D eigenvalue weighted by Crippen LogP contribution is -2.42. The zero-order valence-electron chi connectivity index (χ0n) is 17.1. The van der Waals surface area contributed by atoms with E-state index in [0.717, 1.165) is 42.6 Å². The van der Waals surface area contributed by atoms with E-state index in [1.807, 2.05) is 30.3 Å². The van der Waals surface area contributed by atoms with E-state index in [9.17, 15) is 9.59 Å². The van der Waals surface area contributed by atoms with Crippen LogP contribution in [0.1, 0.15) is 31.4 Å². The highest BCUT2D eigenvalue weighted by Crippen LogP contribution is 2.41. The fraction of sp³-hybridized carbons (Fsp3) is 0.524. The van der Waals surface area contributed by atoms with Crippen molar-refractivity contribution in [3.05, 3.63) is 35.9 Å². The van der Waals surface area contributed by atoms with Gasteiger partial charge in [0.25, 0.3) is 0 Å². The molecule has 1 aromatic carbocycles. The highest BCUT2D eigenvalue weighted by molar-refractivity contribution is 7.99. The number of anilines is 1. The van der Waals surface area contributed by atoms with Gasteiger partial charge in [-0.2, -0.15) is 0 Å². The van der Waals surface area contributed by atoms with Crippen molar-refractivity contribution in [3.63, 3.8) is 0 Å². The Bertz CT molecular complexity index is 878. The van der Waals surface area contributed by atoms with E-state index >= 15 is 0 Å². The minimum atomic E-state index is -0.522. The van der Waals surface area contributed by atoms with E-state index in [-0.39, 0.29) is 17.4 Å². The quantitative estimate of drug-likeness (QED) is 0.609. The number of carbonyl (C=O) groups is 2. The maximum absolute atomic E-state index is 12.6. The van der Waals surface area contributed by atoms with Crippen LogP contribution in [0, 0.1) is 0 Å². The minimum absolute atomic E-state index is 0.0482. The third kappa shape index (κ3) is 5.20. The first-order valence-corrected chi connectivity index (χ1v) is 11.3. The second-order valence-electron chi connectivity index (χ2n) is 7.69. The van der Waals surface area contributed by atoms with Gasteiger partial charge in [-0.25, -0.2) is 0 Å². The van der Waals surface area contributed by atoms with Crippen molar-refractivity contribution in [1.29, 1.82) is 0 Å². The summed E-state index contributed by atoms with van der Waals surface area (Å²) in [6.45, 7) is 4.50. The first-order valence-electron chi connectivity index (χ1n) is 10.4. The van der Waals surface area contributed by atoms with E-state index in [1.165, 1.54) is 18.7 Å². The van der Waals surface area contributed by atoms with Gasteiger partial charge < -0.3 is 15.0 Å². The summed E-state index contributed by atoms with van der Waals surface area (Å²) in [6, 6.07) is 9.60. The van der Waals surface area contributed by atoms with Crippen molar-refractivity contribution < 1.29 is 14.3 Å². The fourth-order valence-corrected chi connectivity index (χ4v) is 4.32. The second-order valence-corrected chi connectivity index (χ2v) is 8.63. The van der Waals surface area contributed by atoms with Gasteiger partial charge in [-0.05, 0) is 31.7 Å². The SMILES string of the molecule is CC(=O)C(Cc1ccccc1)NC(=O)CSc1nnc(N2CCOCC2)n1C1CC1. The number of hydrogen-bond acceptors (Lipinski definition) is 7. The normalized spacial score (nSPS) is 17.6. The lowest BCUT2D eigenvalue weighted by molar-refractivity contribution is -0.125. The molecular formula is C21H27N5O3S. The van der Waals surface area contributed by atoms with E-state index in [4.69, 9.17) is 4.74 Å². The van der Waals surface area contributed by atoms with Gasteiger partial charge in [0.15, 0.2) is 10.9 Å². The summed E-state index contributed by atoms with van der Waals surface area (Å²) < 4.78 is 7.60. The summed E-state index contributed by atoms with van der Waals surface area (Å²) in [6.07, 6.45) is 2.71. The number of aromatic nitrogens is 3. The van der Waals surface area contributed by atoms with Gasteiger partial charge >= 0.3 is 0 Å². The van der Waals surface area contributed by atoms with Gasteiger partial charge in [-0.15, -0.1) is 10.2 Å². The number of rotatable bonds is 9. The first-order chi connectivity index (χ1) is 14.6. The highest BCUT2D eigenvalue weighted by atomic mass is 32.2. The third-order valence-corrected chi connectivity index (χ3v) is 6.24. The summed E-state index contributed by atoms with van der Waals surface area (Å²) in [5.41, 5.74) is 1.02. The van der Waals surface area contributed by atoms with Gasteiger partial charge in [0, 0.05) is 19.1 Å². The van der Waals surface area contributed by atoms with Crippen LogP contribution < -0.4 is 10.2 Å². The van der Waals surface area contributed by atoms with E-state index in [2.05, 4.69) is 25.0 Å². The van der Waals surface area contributed by atoms with Crippen molar-refractivity contribution in [2.24, 2.45) is 0 Å². The number of morpholine rings is 1. The molecule has 8 nitrogen and oxygen atoms in total. The predicted octanol–water partition coefficient (Wildman–Crippen LogP) is 1.86. The molecule has 0 spiro atoms. The molecule has 4 rings (SSSR count). The molecule has 0 bridgehead atoms. The maximum Gasteiger partial charge on any atom is 0.231 e. The predicted molar refractivity (Wildman–Crippen MR) is 115 cm³/mol. The Kier molecular flexibility index (Phi) is 6.69. The van der Waals surface area contributed by atoms with Crippen molar-refractivity contribution >= 4 is 29.4 Å². The number of amides is 1. The summed E-state index contributed by atoms with van der Waals surface area (Å²) in [7, 11) is 0. The van der Waals surface area contributed by atoms with Crippen LogP contribution in [0.2, 0.25) is 0 Å². The zero-order valence-corrected chi connectivity index (χ0v) is 17.9.